The largest absolute Gasteiger partial charge is 0.336 e. The van der Waals surface area contributed by atoms with E-state index < -0.39 is 0 Å². The maximum Gasteiger partial charge on any atom is 0.255 e. The first-order valence-electron chi connectivity index (χ1n) is 6.49. The average Bonchev–Trinajstić information content (AvgIpc) is 2.40. The fourth-order valence-corrected chi connectivity index (χ4v) is 2.77. The number of carbonyl (C=O) groups excluding carboxylic acids is 1. The topological polar surface area (TPSA) is 46.3 Å². The van der Waals surface area contributed by atoms with Gasteiger partial charge in [0.1, 0.15) is 0 Å². The first kappa shape index (κ1) is 16.3. The molecule has 2 N–H and O–H groups in total. The number of piperidine rings is 1. The number of hydrogen-bond acceptors (Lipinski definition) is 2. The van der Waals surface area contributed by atoms with Gasteiger partial charge in [-0.3, -0.25) is 4.79 Å². The first-order chi connectivity index (χ1) is 8.74. The number of benzene rings is 1. The van der Waals surface area contributed by atoms with Gasteiger partial charge in [-0.05, 0) is 44.4 Å². The highest BCUT2D eigenvalue weighted by atomic mass is 35.5. The molecule has 1 aromatic rings. The van der Waals surface area contributed by atoms with E-state index in [-0.39, 0.29) is 24.4 Å². The summed E-state index contributed by atoms with van der Waals surface area (Å²) in [5.41, 5.74) is 6.23. The Labute approximate surface area is 125 Å². The van der Waals surface area contributed by atoms with E-state index >= 15 is 0 Å². The van der Waals surface area contributed by atoms with Crippen molar-refractivity contribution in [2.75, 3.05) is 13.1 Å². The molecule has 0 bridgehead atoms. The summed E-state index contributed by atoms with van der Waals surface area (Å²) >= 11 is 6.09. The van der Waals surface area contributed by atoms with E-state index in [0.29, 0.717) is 17.1 Å². The molecule has 2 rings (SSSR count). The standard InChI is InChI=1S/C14H19ClN2O.ClH/c15-13-7-2-1-6-12(13)14(18)17-10-4-3-5-11(17)8-9-16;/h1-2,6-7,11H,3-5,8-10,16H2;1H. The Morgan fingerprint density at radius 3 is 2.79 bits per heavy atom. The van der Waals surface area contributed by atoms with E-state index in [2.05, 4.69) is 0 Å². The summed E-state index contributed by atoms with van der Waals surface area (Å²) in [5, 5.41) is 0.527. The van der Waals surface area contributed by atoms with Gasteiger partial charge in [-0.15, -0.1) is 12.4 Å². The second kappa shape index (κ2) is 7.73. The van der Waals surface area contributed by atoms with Crippen LogP contribution < -0.4 is 5.73 Å². The molecule has 1 atom stereocenters. The van der Waals surface area contributed by atoms with Crippen molar-refractivity contribution >= 4 is 29.9 Å². The molecule has 5 heteroatoms. The molecule has 1 saturated heterocycles. The normalized spacial score (nSPS) is 18.8. The summed E-state index contributed by atoms with van der Waals surface area (Å²) in [5.74, 6) is 0.0405. The van der Waals surface area contributed by atoms with Crippen molar-refractivity contribution in [3.63, 3.8) is 0 Å². The van der Waals surface area contributed by atoms with Crippen LogP contribution in [0.2, 0.25) is 5.02 Å². The average molecular weight is 303 g/mol. The summed E-state index contributed by atoms with van der Waals surface area (Å²) in [6, 6.07) is 7.51. The van der Waals surface area contributed by atoms with Gasteiger partial charge in [0, 0.05) is 12.6 Å². The quantitative estimate of drug-likeness (QED) is 0.932. The van der Waals surface area contributed by atoms with Gasteiger partial charge in [0.25, 0.3) is 5.91 Å². The van der Waals surface area contributed by atoms with Gasteiger partial charge in [0.05, 0.1) is 10.6 Å². The Bertz CT molecular complexity index is 424. The number of halogens is 2. The van der Waals surface area contributed by atoms with Gasteiger partial charge in [0.15, 0.2) is 0 Å². The number of hydrogen-bond donors (Lipinski definition) is 1. The van der Waals surface area contributed by atoms with Crippen LogP contribution in [0.1, 0.15) is 36.0 Å². The van der Waals surface area contributed by atoms with Gasteiger partial charge in [0.2, 0.25) is 0 Å². The number of nitrogens with two attached hydrogens (primary N) is 1. The number of amides is 1. The number of rotatable bonds is 3. The fraction of sp³-hybridized carbons (Fsp3) is 0.500. The van der Waals surface area contributed by atoms with E-state index in [4.69, 9.17) is 17.3 Å². The predicted molar refractivity (Wildman–Crippen MR) is 81.0 cm³/mol. The molecule has 1 aliphatic heterocycles. The maximum absolute atomic E-state index is 12.5. The second-order valence-corrected chi connectivity index (χ2v) is 5.11. The minimum Gasteiger partial charge on any atom is -0.336 e. The molecular weight excluding hydrogens is 283 g/mol. The smallest absolute Gasteiger partial charge is 0.255 e. The van der Waals surface area contributed by atoms with Gasteiger partial charge in [-0.25, -0.2) is 0 Å². The summed E-state index contributed by atoms with van der Waals surface area (Å²) in [4.78, 5) is 14.4. The van der Waals surface area contributed by atoms with Crippen LogP contribution in [0.4, 0.5) is 0 Å². The van der Waals surface area contributed by atoms with E-state index in [1.807, 2.05) is 17.0 Å². The van der Waals surface area contributed by atoms with Crippen molar-refractivity contribution in [2.24, 2.45) is 5.73 Å². The molecule has 1 aliphatic rings. The zero-order valence-electron chi connectivity index (χ0n) is 10.8. The van der Waals surface area contributed by atoms with Crippen molar-refractivity contribution in [1.29, 1.82) is 0 Å². The monoisotopic (exact) mass is 302 g/mol. The van der Waals surface area contributed by atoms with Crippen LogP contribution in [0.5, 0.6) is 0 Å². The molecule has 19 heavy (non-hydrogen) atoms. The molecule has 1 unspecified atom stereocenters. The Morgan fingerprint density at radius 1 is 1.37 bits per heavy atom. The molecule has 3 nitrogen and oxygen atoms in total. The SMILES string of the molecule is Cl.NCCC1CCCCN1C(=O)c1ccccc1Cl. The Balaban J connectivity index is 0.00000180. The molecule has 1 amide bonds. The second-order valence-electron chi connectivity index (χ2n) is 4.71. The van der Waals surface area contributed by atoms with E-state index in [1.54, 1.807) is 12.1 Å². The molecule has 106 valence electrons. The van der Waals surface area contributed by atoms with Crippen molar-refractivity contribution in [1.82, 2.24) is 4.90 Å². The third-order valence-corrected chi connectivity index (χ3v) is 3.82. The van der Waals surface area contributed by atoms with Crippen molar-refractivity contribution in [3.05, 3.63) is 34.9 Å². The van der Waals surface area contributed by atoms with Gasteiger partial charge >= 0.3 is 0 Å². The molecule has 0 saturated carbocycles. The van der Waals surface area contributed by atoms with Gasteiger partial charge in [-0.1, -0.05) is 23.7 Å². The zero-order valence-corrected chi connectivity index (χ0v) is 12.4. The highest BCUT2D eigenvalue weighted by Crippen LogP contribution is 2.24. The summed E-state index contributed by atoms with van der Waals surface area (Å²) < 4.78 is 0. The van der Waals surface area contributed by atoms with Crippen LogP contribution in [0, 0.1) is 0 Å². The number of nitrogens with zero attached hydrogens (tertiary/aromatic N) is 1. The Morgan fingerprint density at radius 2 is 2.11 bits per heavy atom. The van der Waals surface area contributed by atoms with Crippen LogP contribution in [0.3, 0.4) is 0 Å². The Kier molecular flexibility index (Phi) is 6.63. The van der Waals surface area contributed by atoms with Crippen molar-refractivity contribution < 1.29 is 4.79 Å². The third-order valence-electron chi connectivity index (χ3n) is 3.49. The number of carbonyl (C=O) groups is 1. The lowest BCUT2D eigenvalue weighted by molar-refractivity contribution is 0.0605. The van der Waals surface area contributed by atoms with E-state index in [9.17, 15) is 4.79 Å². The lowest BCUT2D eigenvalue weighted by Crippen LogP contribution is -2.44. The van der Waals surface area contributed by atoms with Crippen LogP contribution in [-0.2, 0) is 0 Å². The van der Waals surface area contributed by atoms with Crippen molar-refractivity contribution in [2.45, 2.75) is 31.7 Å². The maximum atomic E-state index is 12.5. The minimum atomic E-state index is 0. The lowest BCUT2D eigenvalue weighted by atomic mass is 9.98. The highest BCUT2D eigenvalue weighted by molar-refractivity contribution is 6.33. The molecule has 1 fully saturated rings. The third kappa shape index (κ3) is 3.85. The predicted octanol–water partition coefficient (Wildman–Crippen LogP) is 3.11. The van der Waals surface area contributed by atoms with Crippen LogP contribution in [0.25, 0.3) is 0 Å². The molecular formula is C14H20Cl2N2O. The van der Waals surface area contributed by atoms with E-state index in [1.165, 1.54) is 6.42 Å². The summed E-state index contributed by atoms with van der Waals surface area (Å²) in [7, 11) is 0. The zero-order chi connectivity index (χ0) is 13.0. The summed E-state index contributed by atoms with van der Waals surface area (Å²) in [6.07, 6.45) is 4.16. The molecule has 1 aromatic carbocycles. The molecule has 0 spiro atoms. The minimum absolute atomic E-state index is 0. The molecule has 0 aromatic heterocycles. The van der Waals surface area contributed by atoms with E-state index in [0.717, 1.165) is 25.8 Å². The van der Waals surface area contributed by atoms with Crippen molar-refractivity contribution in [3.8, 4) is 0 Å². The number of likely N-dealkylation sites (tertiary alicyclic amines) is 1. The highest BCUT2D eigenvalue weighted by Gasteiger charge is 2.27. The Hall–Kier alpha value is -0.770. The lowest BCUT2D eigenvalue weighted by Gasteiger charge is -2.36. The fourth-order valence-electron chi connectivity index (χ4n) is 2.55. The molecule has 1 heterocycles. The summed E-state index contributed by atoms with van der Waals surface area (Å²) in [6.45, 7) is 1.44. The molecule has 0 radical (unpaired) electrons. The van der Waals surface area contributed by atoms with Crippen LogP contribution in [0.15, 0.2) is 24.3 Å². The van der Waals surface area contributed by atoms with Gasteiger partial charge in [-0.2, -0.15) is 0 Å². The first-order valence-corrected chi connectivity index (χ1v) is 6.87. The molecule has 0 aliphatic carbocycles. The van der Waals surface area contributed by atoms with Gasteiger partial charge < -0.3 is 10.6 Å². The van der Waals surface area contributed by atoms with Crippen LogP contribution in [-0.4, -0.2) is 29.9 Å². The van der Waals surface area contributed by atoms with Crippen LogP contribution >= 0.6 is 24.0 Å².